The maximum absolute atomic E-state index is 12.4. The Balaban J connectivity index is 3.00. The number of nitrogens with two attached hydrogens (primary N) is 1. The first-order valence-corrected chi connectivity index (χ1v) is 5.72. The Hall–Kier alpha value is -1.05. The molecule has 0 unspecified atom stereocenters. The van der Waals surface area contributed by atoms with Crippen molar-refractivity contribution in [3.05, 3.63) is 10.7 Å². The van der Waals surface area contributed by atoms with E-state index in [4.69, 9.17) is 5.73 Å². The molecule has 0 aliphatic heterocycles. The summed E-state index contributed by atoms with van der Waals surface area (Å²) in [4.78, 5) is 8.64. The van der Waals surface area contributed by atoms with Crippen molar-refractivity contribution in [2.24, 2.45) is 0 Å². The van der Waals surface area contributed by atoms with Gasteiger partial charge in [-0.25, -0.2) is 4.98 Å². The van der Waals surface area contributed by atoms with Gasteiger partial charge in [-0.1, -0.05) is 6.92 Å². The van der Waals surface area contributed by atoms with E-state index in [9.17, 15) is 13.2 Å². The van der Waals surface area contributed by atoms with Crippen molar-refractivity contribution in [3.8, 4) is 0 Å². The van der Waals surface area contributed by atoms with Gasteiger partial charge in [-0.15, -0.1) is 0 Å². The van der Waals surface area contributed by atoms with Crippen LogP contribution in [0.1, 0.15) is 13.3 Å². The van der Waals surface area contributed by atoms with Gasteiger partial charge in [0, 0.05) is 12.7 Å². The summed E-state index contributed by atoms with van der Waals surface area (Å²) in [6.07, 6.45) is -2.36. The molecule has 0 atom stereocenters. The second-order valence-electron chi connectivity index (χ2n) is 3.44. The lowest BCUT2D eigenvalue weighted by atomic mass is 10.3. The van der Waals surface area contributed by atoms with E-state index in [0.717, 1.165) is 4.90 Å². The summed E-state index contributed by atoms with van der Waals surface area (Å²) in [5, 5.41) is 0. The minimum atomic E-state index is -4.28. The number of nitrogen functional groups attached to an aromatic ring is 1. The van der Waals surface area contributed by atoms with Gasteiger partial charge < -0.3 is 10.6 Å². The third-order valence-corrected chi connectivity index (χ3v) is 2.47. The van der Waals surface area contributed by atoms with Crippen LogP contribution in [0.3, 0.4) is 0 Å². The minimum Gasteiger partial charge on any atom is -0.368 e. The van der Waals surface area contributed by atoms with Gasteiger partial charge in [-0.2, -0.15) is 18.2 Å². The molecule has 17 heavy (non-hydrogen) atoms. The molecule has 0 spiro atoms. The molecule has 0 saturated carbocycles. The molecule has 1 aromatic rings. The van der Waals surface area contributed by atoms with Gasteiger partial charge in [0.2, 0.25) is 5.95 Å². The summed E-state index contributed by atoms with van der Waals surface area (Å²) in [5.74, 6) is 0.114. The van der Waals surface area contributed by atoms with Crippen LogP contribution in [0.15, 0.2) is 10.7 Å². The molecule has 96 valence electrons. The van der Waals surface area contributed by atoms with E-state index in [-0.39, 0.29) is 18.3 Å². The second kappa shape index (κ2) is 5.52. The van der Waals surface area contributed by atoms with Crippen LogP contribution < -0.4 is 10.6 Å². The Morgan fingerprint density at radius 3 is 2.65 bits per heavy atom. The fourth-order valence-electron chi connectivity index (χ4n) is 1.34. The Kier molecular flexibility index (Phi) is 4.55. The molecule has 1 heterocycles. The van der Waals surface area contributed by atoms with Crippen LogP contribution in [0.2, 0.25) is 0 Å². The van der Waals surface area contributed by atoms with Crippen molar-refractivity contribution in [1.29, 1.82) is 0 Å². The van der Waals surface area contributed by atoms with Crippen LogP contribution in [0.4, 0.5) is 24.9 Å². The van der Waals surface area contributed by atoms with Gasteiger partial charge in [0.05, 0.1) is 4.47 Å². The zero-order chi connectivity index (χ0) is 13.1. The van der Waals surface area contributed by atoms with Crippen molar-refractivity contribution in [3.63, 3.8) is 0 Å². The molecule has 4 nitrogen and oxygen atoms in total. The number of halogens is 4. The van der Waals surface area contributed by atoms with Crippen LogP contribution in [0.25, 0.3) is 0 Å². The topological polar surface area (TPSA) is 55.0 Å². The highest BCUT2D eigenvalue weighted by Crippen LogP contribution is 2.27. The molecule has 0 aliphatic rings. The average Bonchev–Trinajstić information content (AvgIpc) is 2.19. The molecule has 0 amide bonds. The molecule has 0 fully saturated rings. The van der Waals surface area contributed by atoms with E-state index in [1.54, 1.807) is 6.92 Å². The maximum Gasteiger partial charge on any atom is 0.405 e. The number of hydrogen-bond acceptors (Lipinski definition) is 4. The zero-order valence-corrected chi connectivity index (χ0v) is 10.7. The average molecular weight is 313 g/mol. The first-order valence-electron chi connectivity index (χ1n) is 4.93. The molecule has 0 aliphatic carbocycles. The number of rotatable bonds is 4. The predicted octanol–water partition coefficient (Wildman–Crippen LogP) is 2.60. The Bertz CT molecular complexity index is 383. The number of anilines is 2. The van der Waals surface area contributed by atoms with Crippen LogP contribution in [0.5, 0.6) is 0 Å². The SMILES string of the molecule is CCCN(CC(F)(F)F)c1nc(N)ncc1Br. The lowest BCUT2D eigenvalue weighted by Gasteiger charge is -2.25. The van der Waals surface area contributed by atoms with Crippen molar-refractivity contribution < 1.29 is 13.2 Å². The fourth-order valence-corrected chi connectivity index (χ4v) is 1.78. The first-order chi connectivity index (χ1) is 7.83. The van der Waals surface area contributed by atoms with Gasteiger partial charge >= 0.3 is 6.18 Å². The zero-order valence-electron chi connectivity index (χ0n) is 9.13. The van der Waals surface area contributed by atoms with E-state index in [1.165, 1.54) is 6.20 Å². The lowest BCUT2D eigenvalue weighted by molar-refractivity contribution is -0.119. The van der Waals surface area contributed by atoms with Crippen LogP contribution in [-0.2, 0) is 0 Å². The van der Waals surface area contributed by atoms with E-state index in [2.05, 4.69) is 25.9 Å². The normalized spacial score (nSPS) is 11.6. The summed E-state index contributed by atoms with van der Waals surface area (Å²) < 4.78 is 37.6. The lowest BCUT2D eigenvalue weighted by Crippen LogP contribution is -2.35. The number of hydrogen-bond donors (Lipinski definition) is 1. The van der Waals surface area contributed by atoms with Gasteiger partial charge in [0.1, 0.15) is 12.4 Å². The number of alkyl halides is 3. The number of nitrogens with zero attached hydrogens (tertiary/aromatic N) is 3. The predicted molar refractivity (Wildman–Crippen MR) is 62.7 cm³/mol. The van der Waals surface area contributed by atoms with Crippen LogP contribution >= 0.6 is 15.9 Å². The molecule has 0 bridgehead atoms. The summed E-state index contributed by atoms with van der Waals surface area (Å²) >= 11 is 3.12. The van der Waals surface area contributed by atoms with Crippen LogP contribution in [0, 0.1) is 0 Å². The number of aromatic nitrogens is 2. The first kappa shape index (κ1) is 14.0. The molecule has 0 saturated heterocycles. The smallest absolute Gasteiger partial charge is 0.368 e. The summed E-state index contributed by atoms with van der Waals surface area (Å²) in [6, 6.07) is 0. The van der Waals surface area contributed by atoms with Gasteiger partial charge in [-0.3, -0.25) is 0 Å². The molecule has 0 aromatic carbocycles. The molecule has 2 N–H and O–H groups in total. The van der Waals surface area contributed by atoms with Gasteiger partial charge in [-0.05, 0) is 22.4 Å². The summed E-state index contributed by atoms with van der Waals surface area (Å²) in [7, 11) is 0. The van der Waals surface area contributed by atoms with Crippen molar-refractivity contribution >= 4 is 27.7 Å². The third-order valence-electron chi connectivity index (χ3n) is 1.91. The molecular formula is C9H12BrF3N4. The Labute approximate surface area is 105 Å². The van der Waals surface area contributed by atoms with E-state index in [0.29, 0.717) is 10.9 Å². The molecule has 1 rings (SSSR count). The molecule has 1 aromatic heterocycles. The van der Waals surface area contributed by atoms with Crippen molar-refractivity contribution in [2.75, 3.05) is 23.7 Å². The standard InChI is InChI=1S/C9H12BrF3N4/c1-2-3-17(5-9(11,12)13)7-6(10)4-15-8(14)16-7/h4H,2-3,5H2,1H3,(H2,14,15,16). The Morgan fingerprint density at radius 2 is 2.12 bits per heavy atom. The highest BCUT2D eigenvalue weighted by Gasteiger charge is 2.31. The van der Waals surface area contributed by atoms with E-state index < -0.39 is 12.7 Å². The van der Waals surface area contributed by atoms with Gasteiger partial charge in [0.25, 0.3) is 0 Å². The summed E-state index contributed by atoms with van der Waals surface area (Å²) in [5.41, 5.74) is 5.37. The third kappa shape index (κ3) is 4.37. The fraction of sp³-hybridized carbons (Fsp3) is 0.556. The largest absolute Gasteiger partial charge is 0.405 e. The summed E-state index contributed by atoms with van der Waals surface area (Å²) in [6.45, 7) is 0.978. The highest BCUT2D eigenvalue weighted by atomic mass is 79.9. The van der Waals surface area contributed by atoms with Crippen molar-refractivity contribution in [2.45, 2.75) is 19.5 Å². The van der Waals surface area contributed by atoms with Gasteiger partial charge in [0.15, 0.2) is 0 Å². The molecule has 8 heteroatoms. The van der Waals surface area contributed by atoms with Crippen molar-refractivity contribution in [1.82, 2.24) is 9.97 Å². The minimum absolute atomic E-state index is 0.0496. The highest BCUT2D eigenvalue weighted by molar-refractivity contribution is 9.10. The quantitative estimate of drug-likeness (QED) is 0.928. The second-order valence-corrected chi connectivity index (χ2v) is 4.29. The maximum atomic E-state index is 12.4. The monoisotopic (exact) mass is 312 g/mol. The van der Waals surface area contributed by atoms with E-state index >= 15 is 0 Å². The van der Waals surface area contributed by atoms with E-state index in [1.807, 2.05) is 0 Å². The molecular weight excluding hydrogens is 301 g/mol. The Morgan fingerprint density at radius 1 is 1.47 bits per heavy atom. The van der Waals surface area contributed by atoms with Crippen LogP contribution in [-0.4, -0.2) is 29.2 Å². The molecule has 0 radical (unpaired) electrons.